The summed E-state index contributed by atoms with van der Waals surface area (Å²) in [4.78, 5) is 10.7. The van der Waals surface area contributed by atoms with Crippen molar-refractivity contribution in [2.45, 2.75) is 4.90 Å². The minimum Gasteiger partial charge on any atom is -0.478 e. The van der Waals surface area contributed by atoms with Crippen molar-refractivity contribution in [2.75, 3.05) is 5.73 Å². The van der Waals surface area contributed by atoms with Crippen LogP contribution in [0.3, 0.4) is 0 Å². The number of carboxylic acids is 1. The van der Waals surface area contributed by atoms with Gasteiger partial charge in [0.2, 0.25) is 10.0 Å². The number of carboxylic acid groups (broad SMARTS) is 1. The molecule has 7 heteroatoms. The van der Waals surface area contributed by atoms with Crippen LogP contribution in [0.25, 0.3) is 11.1 Å². The number of benzene rings is 2. The summed E-state index contributed by atoms with van der Waals surface area (Å²) in [7, 11) is -4.21. The lowest BCUT2D eigenvalue weighted by atomic mass is 10.0. The van der Waals surface area contributed by atoms with E-state index in [1.807, 2.05) is 0 Å². The normalized spacial score (nSPS) is 11.2. The Morgan fingerprint density at radius 1 is 1.00 bits per heavy atom. The molecular formula is C13H12N2O4S. The minimum absolute atomic E-state index is 0.172. The maximum atomic E-state index is 11.7. The van der Waals surface area contributed by atoms with Crippen LogP contribution in [0.5, 0.6) is 0 Å². The van der Waals surface area contributed by atoms with Crippen molar-refractivity contribution in [1.82, 2.24) is 0 Å². The third kappa shape index (κ3) is 2.49. The van der Waals surface area contributed by atoms with Gasteiger partial charge in [-0.05, 0) is 12.1 Å². The third-order valence-electron chi connectivity index (χ3n) is 2.78. The first kappa shape index (κ1) is 14.0. The maximum Gasteiger partial charge on any atom is 0.337 e. The summed E-state index contributed by atoms with van der Waals surface area (Å²) in [6.07, 6.45) is 0. The van der Waals surface area contributed by atoms with Gasteiger partial charge in [0.1, 0.15) is 4.90 Å². The maximum absolute atomic E-state index is 11.7. The van der Waals surface area contributed by atoms with Crippen molar-refractivity contribution in [3.05, 3.63) is 48.0 Å². The molecule has 0 heterocycles. The Kier molecular flexibility index (Phi) is 3.47. The zero-order valence-electron chi connectivity index (χ0n) is 10.3. The number of sulfonamides is 1. The molecule has 0 saturated heterocycles. The number of hydrogen-bond donors (Lipinski definition) is 3. The fourth-order valence-corrected chi connectivity index (χ4v) is 2.91. The molecule has 0 aliphatic heterocycles. The Morgan fingerprint density at radius 2 is 1.60 bits per heavy atom. The number of primary sulfonamides is 1. The molecule has 0 aliphatic rings. The monoisotopic (exact) mass is 292 g/mol. The SMILES string of the molecule is Nc1ccccc1-c1cccc(C(=O)O)c1S(N)(=O)=O. The molecule has 0 saturated carbocycles. The van der Waals surface area contributed by atoms with E-state index < -0.39 is 20.9 Å². The number of aromatic carboxylic acids is 1. The Labute approximate surface area is 115 Å². The number of nitrogen functional groups attached to an aromatic ring is 1. The highest BCUT2D eigenvalue weighted by Gasteiger charge is 2.24. The second kappa shape index (κ2) is 4.95. The van der Waals surface area contributed by atoms with Crippen molar-refractivity contribution in [2.24, 2.45) is 5.14 Å². The predicted molar refractivity (Wildman–Crippen MR) is 74.6 cm³/mol. The summed E-state index contributed by atoms with van der Waals surface area (Å²) in [5.74, 6) is -1.37. The molecule has 0 aromatic heterocycles. The first-order valence-electron chi connectivity index (χ1n) is 5.56. The molecule has 0 aliphatic carbocycles. The van der Waals surface area contributed by atoms with E-state index in [0.29, 0.717) is 11.3 Å². The highest BCUT2D eigenvalue weighted by Crippen LogP contribution is 2.32. The average molecular weight is 292 g/mol. The summed E-state index contributed by atoms with van der Waals surface area (Å²) in [6, 6.07) is 10.7. The zero-order valence-corrected chi connectivity index (χ0v) is 11.1. The van der Waals surface area contributed by atoms with Gasteiger partial charge in [0.15, 0.2) is 0 Å². The average Bonchev–Trinajstić information content (AvgIpc) is 2.37. The van der Waals surface area contributed by atoms with Gasteiger partial charge in [-0.2, -0.15) is 0 Å². The van der Waals surface area contributed by atoms with Crippen LogP contribution in [-0.4, -0.2) is 19.5 Å². The Balaban J connectivity index is 2.88. The van der Waals surface area contributed by atoms with E-state index in [2.05, 4.69) is 0 Å². The van der Waals surface area contributed by atoms with Crippen LogP contribution in [0.15, 0.2) is 47.4 Å². The van der Waals surface area contributed by atoms with Crippen molar-refractivity contribution in [1.29, 1.82) is 0 Å². The standard InChI is InChI=1S/C13H12N2O4S/c14-11-7-2-1-4-8(11)9-5-3-6-10(13(16)17)12(9)20(15,18)19/h1-7H,14H2,(H,16,17)(H2,15,18,19). The molecule has 0 fully saturated rings. The van der Waals surface area contributed by atoms with Gasteiger partial charge in [-0.25, -0.2) is 18.4 Å². The molecule has 0 atom stereocenters. The Bertz CT molecular complexity index is 785. The Hall–Kier alpha value is -2.38. The highest BCUT2D eigenvalue weighted by atomic mass is 32.2. The highest BCUT2D eigenvalue weighted by molar-refractivity contribution is 7.89. The first-order chi connectivity index (χ1) is 9.32. The second-order valence-electron chi connectivity index (χ2n) is 4.12. The Morgan fingerprint density at radius 3 is 2.15 bits per heavy atom. The van der Waals surface area contributed by atoms with Crippen molar-refractivity contribution >= 4 is 21.7 Å². The van der Waals surface area contributed by atoms with Gasteiger partial charge >= 0.3 is 5.97 Å². The molecule has 0 amide bonds. The van der Waals surface area contributed by atoms with Gasteiger partial charge in [0.25, 0.3) is 0 Å². The molecule has 20 heavy (non-hydrogen) atoms. The molecule has 104 valence electrons. The number of anilines is 1. The van der Waals surface area contributed by atoms with Crippen molar-refractivity contribution in [3.63, 3.8) is 0 Å². The van der Waals surface area contributed by atoms with E-state index in [4.69, 9.17) is 16.0 Å². The van der Waals surface area contributed by atoms with Gasteiger partial charge in [-0.1, -0.05) is 30.3 Å². The lowest BCUT2D eigenvalue weighted by Gasteiger charge is -2.12. The molecule has 0 radical (unpaired) electrons. The smallest absolute Gasteiger partial charge is 0.337 e. The van der Waals surface area contributed by atoms with Gasteiger partial charge < -0.3 is 10.8 Å². The molecule has 0 unspecified atom stereocenters. The fourth-order valence-electron chi connectivity index (χ4n) is 1.97. The van der Waals surface area contributed by atoms with Gasteiger partial charge in [0, 0.05) is 16.8 Å². The third-order valence-corrected chi connectivity index (χ3v) is 3.79. The molecule has 2 rings (SSSR count). The van der Waals surface area contributed by atoms with Crippen LogP contribution in [0.2, 0.25) is 0 Å². The summed E-state index contributed by atoms with van der Waals surface area (Å²) >= 11 is 0. The number of nitrogens with two attached hydrogens (primary N) is 2. The van der Waals surface area contributed by atoms with Crippen LogP contribution in [-0.2, 0) is 10.0 Å². The summed E-state index contributed by atoms with van der Waals surface area (Å²) in [5.41, 5.74) is 6.35. The van der Waals surface area contributed by atoms with E-state index >= 15 is 0 Å². The number of carbonyl (C=O) groups is 1. The lowest BCUT2D eigenvalue weighted by molar-refractivity contribution is 0.0692. The molecular weight excluding hydrogens is 280 g/mol. The van der Waals surface area contributed by atoms with E-state index in [-0.39, 0.29) is 11.1 Å². The van der Waals surface area contributed by atoms with Crippen molar-refractivity contribution < 1.29 is 18.3 Å². The van der Waals surface area contributed by atoms with Crippen LogP contribution in [0, 0.1) is 0 Å². The summed E-state index contributed by atoms with van der Waals surface area (Å²) in [6.45, 7) is 0. The molecule has 5 N–H and O–H groups in total. The van der Waals surface area contributed by atoms with E-state index in [9.17, 15) is 13.2 Å². The fraction of sp³-hybridized carbons (Fsp3) is 0. The lowest BCUT2D eigenvalue weighted by Crippen LogP contribution is -2.18. The second-order valence-corrected chi connectivity index (χ2v) is 5.62. The molecule has 0 bridgehead atoms. The van der Waals surface area contributed by atoms with Crippen LogP contribution < -0.4 is 10.9 Å². The molecule has 2 aromatic rings. The summed E-state index contributed by atoms with van der Waals surface area (Å²) in [5, 5.41) is 14.3. The van der Waals surface area contributed by atoms with Gasteiger partial charge in [-0.15, -0.1) is 0 Å². The largest absolute Gasteiger partial charge is 0.478 e. The summed E-state index contributed by atoms with van der Waals surface area (Å²) < 4.78 is 23.5. The quantitative estimate of drug-likeness (QED) is 0.735. The topological polar surface area (TPSA) is 123 Å². The van der Waals surface area contributed by atoms with Crippen LogP contribution >= 0.6 is 0 Å². The van der Waals surface area contributed by atoms with Crippen LogP contribution in [0.4, 0.5) is 5.69 Å². The predicted octanol–water partition coefficient (Wildman–Crippen LogP) is 1.28. The number of rotatable bonds is 3. The first-order valence-corrected chi connectivity index (χ1v) is 7.11. The molecule has 0 spiro atoms. The van der Waals surface area contributed by atoms with E-state index in [1.165, 1.54) is 18.2 Å². The zero-order chi connectivity index (χ0) is 14.9. The van der Waals surface area contributed by atoms with E-state index in [1.54, 1.807) is 24.3 Å². The van der Waals surface area contributed by atoms with Gasteiger partial charge in [-0.3, -0.25) is 0 Å². The number of para-hydroxylation sites is 1. The van der Waals surface area contributed by atoms with Gasteiger partial charge in [0.05, 0.1) is 5.56 Å². The minimum atomic E-state index is -4.21. The van der Waals surface area contributed by atoms with Crippen LogP contribution in [0.1, 0.15) is 10.4 Å². The molecule has 6 nitrogen and oxygen atoms in total. The van der Waals surface area contributed by atoms with Crippen molar-refractivity contribution in [3.8, 4) is 11.1 Å². The van der Waals surface area contributed by atoms with E-state index in [0.717, 1.165) is 0 Å². The molecule has 2 aromatic carbocycles. The number of hydrogen-bond acceptors (Lipinski definition) is 4.